The fraction of sp³-hybridized carbons (Fsp3) is 0.125. The van der Waals surface area contributed by atoms with Gasteiger partial charge in [0.2, 0.25) is 0 Å². The molecular formula is C8H7N3. The number of aryl methyl sites for hydroxylation is 1. The summed E-state index contributed by atoms with van der Waals surface area (Å²) in [5, 5.41) is 9.74. The molecular weight excluding hydrogens is 138 g/mol. The maximum absolute atomic E-state index is 8.65. The van der Waals surface area contributed by atoms with Crippen molar-refractivity contribution in [1.82, 2.24) is 9.55 Å². The first kappa shape index (κ1) is 6.05. The van der Waals surface area contributed by atoms with Crippen molar-refractivity contribution in [2.24, 2.45) is 7.05 Å². The predicted molar refractivity (Wildman–Crippen MR) is 42.0 cm³/mol. The fourth-order valence-electron chi connectivity index (χ4n) is 1.25. The number of H-pyrrole nitrogens is 1. The Hall–Kier alpha value is -1.69. The van der Waals surface area contributed by atoms with Crippen LogP contribution in [0.5, 0.6) is 0 Å². The second-order valence-electron chi connectivity index (χ2n) is 2.48. The van der Waals surface area contributed by atoms with Crippen molar-refractivity contribution in [3.63, 3.8) is 0 Å². The summed E-state index contributed by atoms with van der Waals surface area (Å²) in [5.74, 6) is 0. The van der Waals surface area contributed by atoms with E-state index in [1.807, 2.05) is 29.9 Å². The Kier molecular flexibility index (Phi) is 1.04. The molecule has 54 valence electrons. The molecule has 0 radical (unpaired) electrons. The number of nitrogens with one attached hydrogen (secondary N) is 1. The highest BCUT2D eigenvalue weighted by atomic mass is 15.0. The average Bonchev–Trinajstić information content (AvgIpc) is 2.53. The number of fused-ring (bicyclic) bond motifs is 1. The van der Waals surface area contributed by atoms with Crippen LogP contribution in [0, 0.1) is 11.3 Å². The summed E-state index contributed by atoms with van der Waals surface area (Å²) in [6, 6.07) is 5.94. The van der Waals surface area contributed by atoms with E-state index in [4.69, 9.17) is 5.26 Å². The standard InChI is InChI=1S/C8H7N3/c1-11-7(5-9)4-6-2-3-10-8(6)11/h2-4,10H,1H3. The molecule has 2 rings (SSSR count). The van der Waals surface area contributed by atoms with E-state index in [-0.39, 0.29) is 0 Å². The molecule has 0 spiro atoms. The van der Waals surface area contributed by atoms with Crippen molar-refractivity contribution in [3.05, 3.63) is 24.0 Å². The molecule has 0 atom stereocenters. The highest BCUT2D eigenvalue weighted by Gasteiger charge is 2.03. The molecule has 0 saturated carbocycles. The molecule has 3 heteroatoms. The molecule has 0 fully saturated rings. The van der Waals surface area contributed by atoms with Gasteiger partial charge in [-0.1, -0.05) is 0 Å². The van der Waals surface area contributed by atoms with Gasteiger partial charge in [0.05, 0.1) is 0 Å². The third-order valence-electron chi connectivity index (χ3n) is 1.86. The Labute approximate surface area is 63.9 Å². The van der Waals surface area contributed by atoms with Gasteiger partial charge in [-0.05, 0) is 12.1 Å². The van der Waals surface area contributed by atoms with Gasteiger partial charge in [-0.2, -0.15) is 5.26 Å². The molecule has 1 N–H and O–H groups in total. The fourth-order valence-corrected chi connectivity index (χ4v) is 1.25. The minimum atomic E-state index is 0.687. The Morgan fingerprint density at radius 3 is 3.09 bits per heavy atom. The topological polar surface area (TPSA) is 44.5 Å². The zero-order valence-corrected chi connectivity index (χ0v) is 6.13. The first-order valence-electron chi connectivity index (χ1n) is 3.36. The first-order valence-corrected chi connectivity index (χ1v) is 3.36. The second kappa shape index (κ2) is 1.89. The molecule has 0 saturated heterocycles. The molecule has 0 aliphatic carbocycles. The van der Waals surface area contributed by atoms with Crippen molar-refractivity contribution >= 4 is 11.0 Å². The predicted octanol–water partition coefficient (Wildman–Crippen LogP) is 1.38. The number of hydrogen-bond acceptors (Lipinski definition) is 1. The zero-order chi connectivity index (χ0) is 7.84. The van der Waals surface area contributed by atoms with Gasteiger partial charge in [-0.25, -0.2) is 0 Å². The number of nitrogens with zero attached hydrogens (tertiary/aromatic N) is 2. The Morgan fingerprint density at radius 2 is 2.45 bits per heavy atom. The van der Waals surface area contributed by atoms with Crippen molar-refractivity contribution in [3.8, 4) is 6.07 Å². The van der Waals surface area contributed by atoms with Crippen LogP contribution in [0.25, 0.3) is 11.0 Å². The van der Waals surface area contributed by atoms with E-state index in [1.165, 1.54) is 0 Å². The molecule has 0 bridgehead atoms. The van der Waals surface area contributed by atoms with Gasteiger partial charge in [0, 0.05) is 18.6 Å². The maximum atomic E-state index is 8.65. The maximum Gasteiger partial charge on any atom is 0.122 e. The number of rotatable bonds is 0. The van der Waals surface area contributed by atoms with Crippen molar-refractivity contribution in [2.45, 2.75) is 0 Å². The van der Waals surface area contributed by atoms with E-state index in [2.05, 4.69) is 11.1 Å². The summed E-state index contributed by atoms with van der Waals surface area (Å²) in [5.41, 5.74) is 1.69. The van der Waals surface area contributed by atoms with Crippen LogP contribution in [0.2, 0.25) is 0 Å². The van der Waals surface area contributed by atoms with Crippen LogP contribution in [-0.4, -0.2) is 9.55 Å². The molecule has 0 aromatic carbocycles. The number of hydrogen-bond donors (Lipinski definition) is 1. The zero-order valence-electron chi connectivity index (χ0n) is 6.13. The third kappa shape index (κ3) is 0.665. The van der Waals surface area contributed by atoms with Gasteiger partial charge in [0.1, 0.15) is 17.4 Å². The van der Waals surface area contributed by atoms with Crippen molar-refractivity contribution < 1.29 is 0 Å². The number of aromatic amines is 1. The number of nitriles is 1. The molecule has 0 amide bonds. The molecule has 11 heavy (non-hydrogen) atoms. The second-order valence-corrected chi connectivity index (χ2v) is 2.48. The Morgan fingerprint density at radius 1 is 1.64 bits per heavy atom. The quantitative estimate of drug-likeness (QED) is 0.598. The Balaban J connectivity index is 2.90. The van der Waals surface area contributed by atoms with E-state index in [9.17, 15) is 0 Å². The molecule has 2 aromatic rings. The van der Waals surface area contributed by atoms with Gasteiger partial charge in [-0.15, -0.1) is 0 Å². The van der Waals surface area contributed by atoms with Crippen LogP contribution in [0.1, 0.15) is 5.69 Å². The first-order chi connectivity index (χ1) is 5.33. The molecule has 2 heterocycles. The van der Waals surface area contributed by atoms with Crippen LogP contribution >= 0.6 is 0 Å². The number of aromatic nitrogens is 2. The van der Waals surface area contributed by atoms with Gasteiger partial charge >= 0.3 is 0 Å². The highest BCUT2D eigenvalue weighted by molar-refractivity contribution is 5.79. The monoisotopic (exact) mass is 145 g/mol. The highest BCUT2D eigenvalue weighted by Crippen LogP contribution is 2.15. The van der Waals surface area contributed by atoms with E-state index < -0.39 is 0 Å². The summed E-state index contributed by atoms with van der Waals surface area (Å²) >= 11 is 0. The lowest BCUT2D eigenvalue weighted by Crippen LogP contribution is -1.90. The van der Waals surface area contributed by atoms with E-state index in [1.54, 1.807) is 0 Å². The summed E-state index contributed by atoms with van der Waals surface area (Å²) in [7, 11) is 1.87. The lowest BCUT2D eigenvalue weighted by atomic mass is 10.4. The lowest BCUT2D eigenvalue weighted by molar-refractivity contribution is 0.930. The van der Waals surface area contributed by atoms with E-state index in [0.717, 1.165) is 11.0 Å². The molecule has 0 aliphatic rings. The minimum absolute atomic E-state index is 0.687. The van der Waals surface area contributed by atoms with Crippen LogP contribution < -0.4 is 0 Å². The Bertz CT molecular complexity index is 428. The van der Waals surface area contributed by atoms with Gasteiger partial charge in [0.15, 0.2) is 0 Å². The summed E-state index contributed by atoms with van der Waals surface area (Å²) in [6.07, 6.45) is 1.87. The van der Waals surface area contributed by atoms with Crippen LogP contribution in [-0.2, 0) is 7.05 Å². The van der Waals surface area contributed by atoms with Crippen molar-refractivity contribution in [2.75, 3.05) is 0 Å². The normalized spacial score (nSPS) is 10.2. The van der Waals surface area contributed by atoms with E-state index in [0.29, 0.717) is 5.69 Å². The molecule has 0 unspecified atom stereocenters. The van der Waals surface area contributed by atoms with Gasteiger partial charge in [0.25, 0.3) is 0 Å². The summed E-state index contributed by atoms with van der Waals surface area (Å²) in [4.78, 5) is 3.05. The summed E-state index contributed by atoms with van der Waals surface area (Å²) < 4.78 is 1.84. The SMILES string of the molecule is Cn1c(C#N)cc2cc[nH]c21. The van der Waals surface area contributed by atoms with Crippen LogP contribution in [0.15, 0.2) is 18.3 Å². The average molecular weight is 145 g/mol. The van der Waals surface area contributed by atoms with Crippen LogP contribution in [0.3, 0.4) is 0 Å². The summed E-state index contributed by atoms with van der Waals surface area (Å²) in [6.45, 7) is 0. The largest absolute Gasteiger partial charge is 0.348 e. The third-order valence-corrected chi connectivity index (χ3v) is 1.86. The smallest absolute Gasteiger partial charge is 0.122 e. The van der Waals surface area contributed by atoms with Crippen LogP contribution in [0.4, 0.5) is 0 Å². The molecule has 0 aliphatic heterocycles. The minimum Gasteiger partial charge on any atom is -0.348 e. The molecule has 3 nitrogen and oxygen atoms in total. The van der Waals surface area contributed by atoms with Gasteiger partial charge < -0.3 is 9.55 Å². The lowest BCUT2D eigenvalue weighted by Gasteiger charge is -1.91. The van der Waals surface area contributed by atoms with Gasteiger partial charge in [-0.3, -0.25) is 0 Å². The van der Waals surface area contributed by atoms with E-state index >= 15 is 0 Å². The van der Waals surface area contributed by atoms with Crippen molar-refractivity contribution in [1.29, 1.82) is 5.26 Å². The molecule has 2 aromatic heterocycles.